The summed E-state index contributed by atoms with van der Waals surface area (Å²) in [5.74, 6) is 0.417. The van der Waals surface area contributed by atoms with E-state index < -0.39 is 16.0 Å². The first-order valence-corrected chi connectivity index (χ1v) is 13.5. The number of hydrogen-bond donors (Lipinski definition) is 1. The van der Waals surface area contributed by atoms with Crippen molar-refractivity contribution in [2.45, 2.75) is 43.2 Å². The number of ether oxygens (including phenoxy) is 1. The quantitative estimate of drug-likeness (QED) is 0.193. The second kappa shape index (κ2) is 11.2. The fourth-order valence-corrected chi connectivity index (χ4v) is 5.17. The molecule has 0 aliphatic rings. The van der Waals surface area contributed by atoms with Crippen molar-refractivity contribution >= 4 is 27.8 Å². The third-order valence-corrected chi connectivity index (χ3v) is 7.08. The van der Waals surface area contributed by atoms with Gasteiger partial charge in [0.2, 0.25) is 0 Å². The molecule has 0 bridgehead atoms. The van der Waals surface area contributed by atoms with Gasteiger partial charge in [0.1, 0.15) is 10.9 Å². The number of thioether (sulfide) groups is 1. The summed E-state index contributed by atoms with van der Waals surface area (Å²) in [6.45, 7) is 4.53. The number of carbonyl (C=O) groups is 1. The van der Waals surface area contributed by atoms with Crippen LogP contribution in [0, 0.1) is 11.5 Å². The highest BCUT2D eigenvalue weighted by atomic mass is 32.2. The number of esters is 1. The zero-order chi connectivity index (χ0) is 24.7. The number of rotatable bonds is 10. The van der Waals surface area contributed by atoms with Crippen LogP contribution in [0.4, 0.5) is 0 Å². The highest BCUT2D eigenvalue weighted by Gasteiger charge is 2.24. The Morgan fingerprint density at radius 1 is 1.18 bits per heavy atom. The van der Waals surface area contributed by atoms with Crippen LogP contribution in [0.15, 0.2) is 58.5 Å². The molecule has 3 rings (SSSR count). The molecule has 0 saturated carbocycles. The zero-order valence-corrected chi connectivity index (χ0v) is 20.9. The fraction of sp³-hybridized carbons (Fsp3) is 0.292. The van der Waals surface area contributed by atoms with Gasteiger partial charge >= 0.3 is 5.97 Å². The van der Waals surface area contributed by atoms with Crippen LogP contribution in [0.2, 0.25) is 0 Å². The lowest BCUT2D eigenvalue weighted by molar-refractivity contribution is 0.0509. The van der Waals surface area contributed by atoms with Gasteiger partial charge in [-0.05, 0) is 36.8 Å². The number of nitriles is 1. The average molecular weight is 499 g/mol. The molecule has 0 unspecified atom stereocenters. The monoisotopic (exact) mass is 498 g/mol. The molecule has 10 heteroatoms. The van der Waals surface area contributed by atoms with Crippen molar-refractivity contribution in [2.24, 2.45) is 0 Å². The molecule has 0 aliphatic heterocycles. The van der Waals surface area contributed by atoms with Crippen molar-refractivity contribution in [2.75, 3.05) is 12.9 Å². The fourth-order valence-electron chi connectivity index (χ4n) is 3.63. The summed E-state index contributed by atoms with van der Waals surface area (Å²) in [4.78, 5) is 17.4. The van der Waals surface area contributed by atoms with Gasteiger partial charge in [-0.15, -0.1) is 11.8 Å². The van der Waals surface area contributed by atoms with Crippen molar-refractivity contribution in [1.82, 2.24) is 14.3 Å². The van der Waals surface area contributed by atoms with Crippen LogP contribution in [0.1, 0.15) is 42.1 Å². The van der Waals surface area contributed by atoms with E-state index in [1.54, 1.807) is 25.1 Å². The van der Waals surface area contributed by atoms with E-state index >= 15 is 0 Å². The summed E-state index contributed by atoms with van der Waals surface area (Å²) in [6.07, 6.45) is 4.97. The number of aromatic nitrogens is 2. The summed E-state index contributed by atoms with van der Waals surface area (Å²) in [6, 6.07) is 13.9. The minimum Gasteiger partial charge on any atom is -0.461 e. The van der Waals surface area contributed by atoms with Gasteiger partial charge in [0.25, 0.3) is 10.0 Å². The number of aryl methyl sites for hydroxylation is 1. The average Bonchev–Trinajstić information content (AvgIpc) is 3.17. The van der Waals surface area contributed by atoms with Crippen LogP contribution >= 0.6 is 11.8 Å². The molecular weight excluding hydrogens is 472 g/mol. The Balaban J connectivity index is 1.99. The third kappa shape index (κ3) is 5.43. The minimum absolute atomic E-state index is 0.0263. The Morgan fingerprint density at radius 3 is 2.50 bits per heavy atom. The molecule has 0 fully saturated rings. The molecule has 1 N–H and O–H groups in total. The topological polar surface area (TPSA) is 114 Å². The smallest absolute Gasteiger partial charge is 0.357 e. The molecule has 0 spiro atoms. The molecule has 0 aliphatic carbocycles. The molecule has 0 atom stereocenters. The summed E-state index contributed by atoms with van der Waals surface area (Å²) < 4.78 is 33.9. The number of nitrogens with zero attached hydrogens (tertiary/aromatic N) is 3. The highest BCUT2D eigenvalue weighted by Crippen LogP contribution is 2.29. The molecule has 1 heterocycles. The van der Waals surface area contributed by atoms with Crippen LogP contribution in [0.25, 0.3) is 11.1 Å². The van der Waals surface area contributed by atoms with Gasteiger partial charge in [0.05, 0.1) is 11.5 Å². The summed E-state index contributed by atoms with van der Waals surface area (Å²) in [7, 11) is -3.96. The minimum atomic E-state index is -3.96. The first kappa shape index (κ1) is 25.3. The van der Waals surface area contributed by atoms with Crippen LogP contribution in [0.3, 0.4) is 0 Å². The van der Waals surface area contributed by atoms with Gasteiger partial charge in [-0.25, -0.2) is 22.9 Å². The number of benzene rings is 2. The lowest BCUT2D eigenvalue weighted by atomic mass is 10.0. The summed E-state index contributed by atoms with van der Waals surface area (Å²) in [5.41, 5.74) is 2.55. The van der Waals surface area contributed by atoms with E-state index in [1.807, 2.05) is 39.8 Å². The number of sulfonamides is 1. The lowest BCUT2D eigenvalue weighted by Gasteiger charge is -2.13. The van der Waals surface area contributed by atoms with E-state index in [2.05, 4.69) is 11.9 Å². The first-order chi connectivity index (χ1) is 16.4. The molecule has 0 radical (unpaired) electrons. The van der Waals surface area contributed by atoms with Gasteiger partial charge < -0.3 is 9.30 Å². The Bertz CT molecular complexity index is 1310. The standard InChI is InChI=1S/C24H26N4O4S2/c1-4-8-21-27-23(33-3)22(24(29)32-5-2)28(21)15-17-11-13-18(14-12-17)19-9-6-7-10-20(19)34(30,31)26-16-25/h6-7,9-14,26H,4-5,8,15H2,1-3H3. The Morgan fingerprint density at radius 2 is 1.88 bits per heavy atom. The predicted octanol–water partition coefficient (Wildman–Crippen LogP) is 4.21. The van der Waals surface area contributed by atoms with E-state index in [0.29, 0.717) is 28.4 Å². The van der Waals surface area contributed by atoms with Gasteiger partial charge in [-0.3, -0.25) is 0 Å². The Labute approximate surface area is 204 Å². The Hall–Kier alpha value is -3.29. The number of hydrogen-bond acceptors (Lipinski definition) is 7. The molecule has 178 valence electrons. The zero-order valence-electron chi connectivity index (χ0n) is 19.2. The van der Waals surface area contributed by atoms with Crippen LogP contribution in [-0.2, 0) is 27.7 Å². The molecule has 3 aromatic rings. The van der Waals surface area contributed by atoms with Crippen LogP contribution < -0.4 is 4.72 Å². The Kier molecular flexibility index (Phi) is 8.36. The van der Waals surface area contributed by atoms with E-state index in [0.717, 1.165) is 24.2 Å². The molecule has 34 heavy (non-hydrogen) atoms. The van der Waals surface area contributed by atoms with Crippen molar-refractivity contribution < 1.29 is 17.9 Å². The van der Waals surface area contributed by atoms with Crippen molar-refractivity contribution in [3.63, 3.8) is 0 Å². The number of carbonyl (C=O) groups excluding carboxylic acids is 1. The van der Waals surface area contributed by atoms with Gasteiger partial charge in [0, 0.05) is 18.5 Å². The normalized spacial score (nSPS) is 11.1. The van der Waals surface area contributed by atoms with Crippen molar-refractivity contribution in [3.05, 3.63) is 65.6 Å². The number of imidazole rings is 1. The van der Waals surface area contributed by atoms with Crippen molar-refractivity contribution in [3.8, 4) is 17.3 Å². The maximum atomic E-state index is 12.7. The molecule has 1 aromatic heterocycles. The van der Waals surface area contributed by atoms with Crippen LogP contribution in [0.5, 0.6) is 0 Å². The molecular formula is C24H26N4O4S2. The third-order valence-electron chi connectivity index (χ3n) is 5.11. The second-order valence-corrected chi connectivity index (χ2v) is 9.80. The second-order valence-electron chi connectivity index (χ2n) is 7.35. The lowest BCUT2D eigenvalue weighted by Crippen LogP contribution is -2.18. The van der Waals surface area contributed by atoms with Crippen LogP contribution in [-0.4, -0.2) is 36.8 Å². The summed E-state index contributed by atoms with van der Waals surface area (Å²) in [5, 5.41) is 9.44. The maximum absolute atomic E-state index is 12.7. The van der Waals surface area contributed by atoms with E-state index in [4.69, 9.17) is 10.00 Å². The highest BCUT2D eigenvalue weighted by molar-refractivity contribution is 7.98. The van der Waals surface area contributed by atoms with Gasteiger partial charge in [-0.2, -0.15) is 5.26 Å². The molecule has 0 amide bonds. The first-order valence-electron chi connectivity index (χ1n) is 10.8. The summed E-state index contributed by atoms with van der Waals surface area (Å²) >= 11 is 1.41. The van der Waals surface area contributed by atoms with Gasteiger partial charge in [-0.1, -0.05) is 49.4 Å². The van der Waals surface area contributed by atoms with Crippen molar-refractivity contribution in [1.29, 1.82) is 5.26 Å². The molecule has 8 nitrogen and oxygen atoms in total. The maximum Gasteiger partial charge on any atom is 0.357 e. The largest absolute Gasteiger partial charge is 0.461 e. The van der Waals surface area contributed by atoms with E-state index in [9.17, 15) is 13.2 Å². The molecule has 0 saturated heterocycles. The SMILES string of the molecule is CCCc1nc(SC)c(C(=O)OCC)n1Cc1ccc(-c2ccccc2S(=O)(=O)NC#N)cc1. The van der Waals surface area contributed by atoms with E-state index in [-0.39, 0.29) is 11.5 Å². The number of nitrogens with one attached hydrogen (secondary N) is 1. The van der Waals surface area contributed by atoms with Gasteiger partial charge in [0.15, 0.2) is 11.9 Å². The molecule has 2 aromatic carbocycles. The predicted molar refractivity (Wildman–Crippen MR) is 131 cm³/mol. The van der Waals surface area contributed by atoms with E-state index in [1.165, 1.54) is 24.0 Å².